The van der Waals surface area contributed by atoms with Crippen molar-refractivity contribution in [3.63, 3.8) is 0 Å². The number of amides is 1. The molecule has 1 heterocycles. The number of pyridine rings is 1. The fourth-order valence-electron chi connectivity index (χ4n) is 3.23. The predicted octanol–water partition coefficient (Wildman–Crippen LogP) is 3.93. The van der Waals surface area contributed by atoms with Crippen LogP contribution in [0.1, 0.15) is 34.5 Å². The highest BCUT2D eigenvalue weighted by Crippen LogP contribution is 2.34. The standard InChI is InChI=1S/C22H23F4N3O4S/c1-33-18-7-5-15(23)11-14(18)12-27-20-16(6-8-19(29-20)22(24,25)26)21(30)28-17(13-3-4-13)9-10-34(2,31)32/h5-11,13,17H,3-4,12H2,1-2H3,(H,27,29)(H,28,30)/b10-9+/t17-/m1/s1. The summed E-state index contributed by atoms with van der Waals surface area (Å²) in [6.07, 6.45) is -0.842. The van der Waals surface area contributed by atoms with Gasteiger partial charge >= 0.3 is 6.18 Å². The molecule has 1 aromatic carbocycles. The molecule has 0 saturated heterocycles. The zero-order chi connectivity index (χ0) is 25.1. The minimum absolute atomic E-state index is 0.0253. The van der Waals surface area contributed by atoms with Gasteiger partial charge in [0, 0.05) is 23.8 Å². The van der Waals surface area contributed by atoms with Gasteiger partial charge in [0.15, 0.2) is 9.84 Å². The van der Waals surface area contributed by atoms with Gasteiger partial charge in [0.25, 0.3) is 5.91 Å². The quantitative estimate of drug-likeness (QED) is 0.506. The van der Waals surface area contributed by atoms with Gasteiger partial charge in [-0.25, -0.2) is 17.8 Å². The maximum absolute atomic E-state index is 13.7. The second kappa shape index (κ2) is 10.00. The molecule has 0 radical (unpaired) electrons. The molecule has 3 rings (SSSR count). The van der Waals surface area contributed by atoms with E-state index < -0.39 is 39.5 Å². The summed E-state index contributed by atoms with van der Waals surface area (Å²) >= 11 is 0. The second-order valence-corrected chi connectivity index (χ2v) is 9.83. The predicted molar refractivity (Wildman–Crippen MR) is 117 cm³/mol. The smallest absolute Gasteiger partial charge is 0.433 e. The number of nitrogens with one attached hydrogen (secondary N) is 2. The van der Waals surface area contributed by atoms with Crippen molar-refractivity contribution < 1.29 is 35.5 Å². The Morgan fingerprint density at radius 3 is 2.56 bits per heavy atom. The SMILES string of the molecule is COc1ccc(F)cc1CNc1nc(C(F)(F)F)ccc1C(=O)N[C@H](/C=C/S(C)(=O)=O)C1CC1. The molecule has 1 atom stereocenters. The van der Waals surface area contributed by atoms with Crippen molar-refractivity contribution in [3.05, 3.63) is 64.5 Å². The van der Waals surface area contributed by atoms with Crippen LogP contribution >= 0.6 is 0 Å². The summed E-state index contributed by atoms with van der Waals surface area (Å²) in [6.45, 7) is -0.171. The fraction of sp³-hybridized carbons (Fsp3) is 0.364. The number of ether oxygens (including phenoxy) is 1. The lowest BCUT2D eigenvalue weighted by molar-refractivity contribution is -0.141. The fourth-order valence-corrected chi connectivity index (χ4v) is 3.69. The number of methoxy groups -OCH3 is 1. The highest BCUT2D eigenvalue weighted by molar-refractivity contribution is 7.93. The zero-order valence-electron chi connectivity index (χ0n) is 18.3. The van der Waals surface area contributed by atoms with Crippen LogP contribution < -0.4 is 15.4 Å². The Hall–Kier alpha value is -3.15. The van der Waals surface area contributed by atoms with Crippen LogP contribution in [-0.4, -0.2) is 38.7 Å². The van der Waals surface area contributed by atoms with Crippen LogP contribution in [0.3, 0.4) is 0 Å². The van der Waals surface area contributed by atoms with Gasteiger partial charge in [0.2, 0.25) is 0 Å². The van der Waals surface area contributed by atoms with E-state index in [1.165, 1.54) is 25.3 Å². The van der Waals surface area contributed by atoms with Crippen molar-refractivity contribution in [1.29, 1.82) is 0 Å². The minimum Gasteiger partial charge on any atom is -0.496 e. The van der Waals surface area contributed by atoms with Crippen molar-refractivity contribution in [2.24, 2.45) is 5.92 Å². The number of carbonyl (C=O) groups is 1. The number of nitrogens with zero attached hydrogens (tertiary/aromatic N) is 1. The number of sulfone groups is 1. The van der Waals surface area contributed by atoms with Crippen molar-refractivity contribution >= 4 is 21.6 Å². The van der Waals surface area contributed by atoms with Crippen LogP contribution in [0.15, 0.2) is 41.8 Å². The molecule has 0 unspecified atom stereocenters. The van der Waals surface area contributed by atoms with Gasteiger partial charge in [-0.2, -0.15) is 13.2 Å². The summed E-state index contributed by atoms with van der Waals surface area (Å²) in [4.78, 5) is 16.5. The number of benzene rings is 1. The van der Waals surface area contributed by atoms with E-state index in [-0.39, 0.29) is 23.8 Å². The first-order valence-electron chi connectivity index (χ1n) is 10.2. The summed E-state index contributed by atoms with van der Waals surface area (Å²) in [5.74, 6) is -1.34. The molecule has 1 fully saturated rings. The molecule has 7 nitrogen and oxygen atoms in total. The highest BCUT2D eigenvalue weighted by Gasteiger charge is 2.35. The molecule has 184 valence electrons. The van der Waals surface area contributed by atoms with Crippen LogP contribution in [0.5, 0.6) is 5.75 Å². The summed E-state index contributed by atoms with van der Waals surface area (Å²) in [7, 11) is -2.07. The molecule has 12 heteroatoms. The van der Waals surface area contributed by atoms with Gasteiger partial charge in [-0.05, 0) is 49.1 Å². The second-order valence-electron chi connectivity index (χ2n) is 7.89. The molecule has 1 aliphatic rings. The summed E-state index contributed by atoms with van der Waals surface area (Å²) in [6, 6.07) is 4.75. The molecule has 0 aliphatic heterocycles. The Balaban J connectivity index is 1.90. The van der Waals surface area contributed by atoms with E-state index in [0.29, 0.717) is 17.4 Å². The van der Waals surface area contributed by atoms with Crippen LogP contribution in [0.25, 0.3) is 0 Å². The Labute approximate surface area is 194 Å². The molecule has 0 bridgehead atoms. The van der Waals surface area contributed by atoms with E-state index >= 15 is 0 Å². The lowest BCUT2D eigenvalue weighted by Crippen LogP contribution is -2.35. The van der Waals surface area contributed by atoms with Crippen LogP contribution in [-0.2, 0) is 22.6 Å². The van der Waals surface area contributed by atoms with Crippen molar-refractivity contribution in [1.82, 2.24) is 10.3 Å². The number of alkyl halides is 3. The first-order chi connectivity index (χ1) is 15.9. The van der Waals surface area contributed by atoms with E-state index in [9.17, 15) is 30.8 Å². The molecule has 1 aromatic heterocycles. The normalized spacial score (nSPS) is 15.2. The number of halogens is 4. The Kier molecular flexibility index (Phi) is 7.49. The first kappa shape index (κ1) is 25.5. The Morgan fingerprint density at radius 1 is 1.26 bits per heavy atom. The third-order valence-electron chi connectivity index (χ3n) is 5.08. The van der Waals surface area contributed by atoms with Gasteiger partial charge in [-0.15, -0.1) is 0 Å². The number of aromatic nitrogens is 1. The third-order valence-corrected chi connectivity index (χ3v) is 5.73. The summed E-state index contributed by atoms with van der Waals surface area (Å²) in [5.41, 5.74) is -1.09. The van der Waals surface area contributed by atoms with Gasteiger partial charge in [-0.3, -0.25) is 4.79 Å². The first-order valence-corrected chi connectivity index (χ1v) is 12.2. The number of anilines is 1. The zero-order valence-corrected chi connectivity index (χ0v) is 19.1. The molecule has 1 aliphatic carbocycles. The van der Waals surface area contributed by atoms with E-state index in [1.54, 1.807) is 0 Å². The lowest BCUT2D eigenvalue weighted by Gasteiger charge is -2.18. The molecule has 1 amide bonds. The molecular formula is C22H23F4N3O4S. The van der Waals surface area contributed by atoms with E-state index in [4.69, 9.17) is 4.74 Å². The maximum atomic E-state index is 13.7. The average molecular weight is 502 g/mol. The van der Waals surface area contributed by atoms with Crippen LogP contribution in [0.2, 0.25) is 0 Å². The Morgan fingerprint density at radius 2 is 1.97 bits per heavy atom. The van der Waals surface area contributed by atoms with Gasteiger partial charge in [0.05, 0.1) is 18.7 Å². The highest BCUT2D eigenvalue weighted by atomic mass is 32.2. The van der Waals surface area contributed by atoms with Crippen molar-refractivity contribution in [2.45, 2.75) is 31.6 Å². The molecule has 34 heavy (non-hydrogen) atoms. The van der Waals surface area contributed by atoms with E-state index in [0.717, 1.165) is 36.6 Å². The Bertz CT molecular complexity index is 1200. The van der Waals surface area contributed by atoms with Crippen molar-refractivity contribution in [2.75, 3.05) is 18.7 Å². The molecule has 1 saturated carbocycles. The monoisotopic (exact) mass is 501 g/mol. The number of carbonyl (C=O) groups excluding carboxylic acids is 1. The third kappa shape index (κ3) is 6.92. The average Bonchev–Trinajstić information content (AvgIpc) is 3.59. The molecule has 2 aromatic rings. The van der Waals surface area contributed by atoms with Gasteiger partial charge in [-0.1, -0.05) is 6.08 Å². The van der Waals surface area contributed by atoms with Crippen LogP contribution in [0.4, 0.5) is 23.4 Å². The lowest BCUT2D eigenvalue weighted by atomic mass is 10.1. The minimum atomic E-state index is -4.75. The maximum Gasteiger partial charge on any atom is 0.433 e. The number of rotatable bonds is 9. The number of hydrogen-bond donors (Lipinski definition) is 2. The largest absolute Gasteiger partial charge is 0.496 e. The molecule has 2 N–H and O–H groups in total. The van der Waals surface area contributed by atoms with E-state index in [1.807, 2.05) is 0 Å². The van der Waals surface area contributed by atoms with Crippen molar-refractivity contribution in [3.8, 4) is 5.75 Å². The van der Waals surface area contributed by atoms with Gasteiger partial charge in [0.1, 0.15) is 23.1 Å². The van der Waals surface area contributed by atoms with Crippen LogP contribution in [0, 0.1) is 11.7 Å². The van der Waals surface area contributed by atoms with Gasteiger partial charge < -0.3 is 15.4 Å². The summed E-state index contributed by atoms with van der Waals surface area (Å²) in [5, 5.41) is 6.31. The summed E-state index contributed by atoms with van der Waals surface area (Å²) < 4.78 is 81.4. The molecule has 0 spiro atoms. The topological polar surface area (TPSA) is 97.4 Å². The number of hydrogen-bond acceptors (Lipinski definition) is 6. The van der Waals surface area contributed by atoms with E-state index in [2.05, 4.69) is 15.6 Å². The molecular weight excluding hydrogens is 478 g/mol.